The molecule has 1 aliphatic heterocycles. The molecule has 0 spiro atoms. The van der Waals surface area contributed by atoms with E-state index in [4.69, 9.17) is 9.47 Å². The monoisotopic (exact) mass is 244 g/mol. The Hall–Kier alpha value is -0.650. The van der Waals surface area contributed by atoms with Gasteiger partial charge in [0.1, 0.15) is 6.10 Å². The fourth-order valence-corrected chi connectivity index (χ4v) is 1.90. The molecule has 1 N–H and O–H groups in total. The van der Waals surface area contributed by atoms with Crippen molar-refractivity contribution < 1.29 is 14.3 Å². The minimum absolute atomic E-state index is 0.0792. The Morgan fingerprint density at radius 2 is 2.29 bits per heavy atom. The summed E-state index contributed by atoms with van der Waals surface area (Å²) < 4.78 is 10.6. The number of hydrogen-bond donors (Lipinski definition) is 1. The van der Waals surface area contributed by atoms with Crippen molar-refractivity contribution in [3.05, 3.63) is 0 Å². The van der Waals surface area contributed by atoms with Gasteiger partial charge in [0.2, 0.25) is 0 Å². The minimum atomic E-state index is -0.379. The van der Waals surface area contributed by atoms with Crippen molar-refractivity contribution in [3.63, 3.8) is 0 Å². The van der Waals surface area contributed by atoms with E-state index in [-0.39, 0.29) is 18.1 Å². The molecule has 0 aliphatic carbocycles. The lowest BCUT2D eigenvalue weighted by Crippen LogP contribution is -2.54. The lowest BCUT2D eigenvalue weighted by atomic mass is 10.2. The van der Waals surface area contributed by atoms with E-state index in [9.17, 15) is 4.79 Å². The molecule has 5 heteroatoms. The van der Waals surface area contributed by atoms with E-state index >= 15 is 0 Å². The molecule has 17 heavy (non-hydrogen) atoms. The molecule has 1 fully saturated rings. The third kappa shape index (κ3) is 4.61. The van der Waals surface area contributed by atoms with Crippen LogP contribution in [-0.4, -0.2) is 62.4 Å². The van der Waals surface area contributed by atoms with Crippen LogP contribution >= 0.6 is 0 Å². The average Bonchev–Trinajstić information content (AvgIpc) is 2.34. The van der Waals surface area contributed by atoms with Gasteiger partial charge in [-0.1, -0.05) is 0 Å². The summed E-state index contributed by atoms with van der Waals surface area (Å²) in [6.45, 7) is 9.99. The van der Waals surface area contributed by atoms with Crippen molar-refractivity contribution in [1.29, 1.82) is 0 Å². The van der Waals surface area contributed by atoms with Gasteiger partial charge in [0.15, 0.2) is 0 Å². The second kappa shape index (κ2) is 7.63. The SMILES string of the molecule is CCOCCOC(C)C(=O)N1CCNCC1C. The molecule has 1 saturated heterocycles. The van der Waals surface area contributed by atoms with Crippen molar-refractivity contribution in [2.45, 2.75) is 32.9 Å². The van der Waals surface area contributed by atoms with Crippen molar-refractivity contribution in [3.8, 4) is 0 Å². The van der Waals surface area contributed by atoms with Gasteiger partial charge in [-0.25, -0.2) is 0 Å². The van der Waals surface area contributed by atoms with Crippen molar-refractivity contribution in [2.24, 2.45) is 0 Å². The highest BCUT2D eigenvalue weighted by molar-refractivity contribution is 5.81. The lowest BCUT2D eigenvalue weighted by Gasteiger charge is -2.35. The molecule has 0 aromatic heterocycles. The smallest absolute Gasteiger partial charge is 0.251 e. The van der Waals surface area contributed by atoms with E-state index in [2.05, 4.69) is 12.2 Å². The second-order valence-electron chi connectivity index (χ2n) is 4.29. The highest BCUT2D eigenvalue weighted by Crippen LogP contribution is 2.07. The quantitative estimate of drug-likeness (QED) is 0.680. The van der Waals surface area contributed by atoms with Gasteiger partial charge in [-0.3, -0.25) is 4.79 Å². The Kier molecular flexibility index (Phi) is 6.47. The summed E-state index contributed by atoms with van der Waals surface area (Å²) in [6.07, 6.45) is -0.379. The van der Waals surface area contributed by atoms with Crippen LogP contribution in [0.5, 0.6) is 0 Å². The molecule has 1 rings (SSSR count). The molecule has 0 aromatic carbocycles. The van der Waals surface area contributed by atoms with Crippen LogP contribution in [0.15, 0.2) is 0 Å². The number of nitrogens with one attached hydrogen (secondary N) is 1. The van der Waals surface area contributed by atoms with Crippen molar-refractivity contribution in [1.82, 2.24) is 10.2 Å². The zero-order valence-corrected chi connectivity index (χ0v) is 11.1. The van der Waals surface area contributed by atoms with E-state index in [0.29, 0.717) is 19.8 Å². The molecular weight excluding hydrogens is 220 g/mol. The Morgan fingerprint density at radius 3 is 2.94 bits per heavy atom. The Morgan fingerprint density at radius 1 is 1.53 bits per heavy atom. The second-order valence-corrected chi connectivity index (χ2v) is 4.29. The molecule has 5 nitrogen and oxygen atoms in total. The molecule has 0 radical (unpaired) electrons. The Labute approximate surface area is 103 Å². The number of amides is 1. The van der Waals surface area contributed by atoms with Gasteiger partial charge in [-0.2, -0.15) is 0 Å². The van der Waals surface area contributed by atoms with Crippen molar-refractivity contribution in [2.75, 3.05) is 39.5 Å². The van der Waals surface area contributed by atoms with Crippen LogP contribution in [0.2, 0.25) is 0 Å². The summed E-state index contributed by atoms with van der Waals surface area (Å²) in [5, 5.41) is 3.26. The van der Waals surface area contributed by atoms with Gasteiger partial charge < -0.3 is 19.7 Å². The number of carbonyl (C=O) groups excluding carboxylic acids is 1. The van der Waals surface area contributed by atoms with E-state index in [1.54, 1.807) is 0 Å². The molecular formula is C12H24N2O3. The number of ether oxygens (including phenoxy) is 2. The van der Waals surface area contributed by atoms with Crippen LogP contribution in [0.4, 0.5) is 0 Å². The van der Waals surface area contributed by atoms with E-state index in [0.717, 1.165) is 19.6 Å². The third-order valence-electron chi connectivity index (χ3n) is 2.93. The molecule has 2 atom stereocenters. The first-order chi connectivity index (χ1) is 8.16. The van der Waals surface area contributed by atoms with Crippen LogP contribution in [0.25, 0.3) is 0 Å². The maximum atomic E-state index is 12.1. The summed E-state index contributed by atoms with van der Waals surface area (Å²) in [5.41, 5.74) is 0. The molecule has 100 valence electrons. The average molecular weight is 244 g/mol. The first-order valence-corrected chi connectivity index (χ1v) is 6.37. The van der Waals surface area contributed by atoms with Crippen LogP contribution in [0, 0.1) is 0 Å². The maximum Gasteiger partial charge on any atom is 0.251 e. The van der Waals surface area contributed by atoms with Gasteiger partial charge >= 0.3 is 0 Å². The molecule has 1 heterocycles. The largest absolute Gasteiger partial charge is 0.379 e. The van der Waals surface area contributed by atoms with E-state index in [1.165, 1.54) is 0 Å². The van der Waals surface area contributed by atoms with E-state index in [1.807, 2.05) is 18.7 Å². The lowest BCUT2D eigenvalue weighted by molar-refractivity contribution is -0.146. The maximum absolute atomic E-state index is 12.1. The highest BCUT2D eigenvalue weighted by atomic mass is 16.5. The zero-order valence-electron chi connectivity index (χ0n) is 11.1. The van der Waals surface area contributed by atoms with Gasteiger partial charge in [0.25, 0.3) is 5.91 Å². The van der Waals surface area contributed by atoms with Crippen LogP contribution < -0.4 is 5.32 Å². The molecule has 0 aromatic rings. The topological polar surface area (TPSA) is 50.8 Å². The fourth-order valence-electron chi connectivity index (χ4n) is 1.90. The normalized spacial score (nSPS) is 22.5. The van der Waals surface area contributed by atoms with Crippen LogP contribution in [0.1, 0.15) is 20.8 Å². The van der Waals surface area contributed by atoms with Gasteiger partial charge in [0.05, 0.1) is 13.2 Å². The standard InChI is InChI=1S/C12H24N2O3/c1-4-16-7-8-17-11(3)12(15)14-6-5-13-9-10(14)2/h10-11,13H,4-9H2,1-3H3. The summed E-state index contributed by atoms with van der Waals surface area (Å²) >= 11 is 0. The van der Waals surface area contributed by atoms with E-state index < -0.39 is 0 Å². The summed E-state index contributed by atoms with van der Waals surface area (Å²) in [6, 6.07) is 0.245. The fraction of sp³-hybridized carbons (Fsp3) is 0.917. The van der Waals surface area contributed by atoms with Crippen LogP contribution in [-0.2, 0) is 14.3 Å². The van der Waals surface area contributed by atoms with Gasteiger partial charge in [-0.05, 0) is 20.8 Å². The number of hydrogen-bond acceptors (Lipinski definition) is 4. The third-order valence-corrected chi connectivity index (χ3v) is 2.93. The number of carbonyl (C=O) groups is 1. The molecule has 0 saturated carbocycles. The summed E-state index contributed by atoms with van der Waals surface area (Å²) in [7, 11) is 0. The molecule has 1 amide bonds. The highest BCUT2D eigenvalue weighted by Gasteiger charge is 2.26. The van der Waals surface area contributed by atoms with Gasteiger partial charge in [0, 0.05) is 32.3 Å². The zero-order chi connectivity index (χ0) is 12.7. The molecule has 1 aliphatic rings. The molecule has 0 bridgehead atoms. The Balaban J connectivity index is 2.29. The number of rotatable bonds is 6. The minimum Gasteiger partial charge on any atom is -0.379 e. The van der Waals surface area contributed by atoms with Crippen molar-refractivity contribution >= 4 is 5.91 Å². The first kappa shape index (κ1) is 14.4. The summed E-state index contributed by atoms with van der Waals surface area (Å²) in [5.74, 6) is 0.0792. The molecule has 2 unspecified atom stereocenters. The Bertz CT molecular complexity index is 236. The van der Waals surface area contributed by atoms with Gasteiger partial charge in [-0.15, -0.1) is 0 Å². The predicted molar refractivity (Wildman–Crippen MR) is 66.0 cm³/mol. The predicted octanol–water partition coefficient (Wildman–Crippen LogP) is 0.248. The number of nitrogens with zero attached hydrogens (tertiary/aromatic N) is 1. The first-order valence-electron chi connectivity index (χ1n) is 6.37. The summed E-state index contributed by atoms with van der Waals surface area (Å²) in [4.78, 5) is 14.0. The van der Waals surface area contributed by atoms with Crippen LogP contribution in [0.3, 0.4) is 0 Å². The number of piperazine rings is 1.